The summed E-state index contributed by atoms with van der Waals surface area (Å²) in [6.07, 6.45) is 1.72. The molecule has 1 aromatic heterocycles. The van der Waals surface area contributed by atoms with E-state index < -0.39 is 0 Å². The minimum absolute atomic E-state index is 0.310. The van der Waals surface area contributed by atoms with Gasteiger partial charge in [0.2, 0.25) is 5.89 Å². The predicted octanol–water partition coefficient (Wildman–Crippen LogP) is 3.70. The molecule has 0 aliphatic rings. The Balaban J connectivity index is 2.44. The standard InChI is InChI=1S/C12H12ClNO/c1-8-3-4-10(9(2)5-8)11-7-14-12(6-13)15-11/h3-5,7H,6H2,1-2H3. The van der Waals surface area contributed by atoms with Crippen molar-refractivity contribution in [3.8, 4) is 11.3 Å². The van der Waals surface area contributed by atoms with Gasteiger partial charge in [0.25, 0.3) is 0 Å². The summed E-state index contributed by atoms with van der Waals surface area (Å²) in [7, 11) is 0. The molecule has 1 heterocycles. The number of alkyl halides is 1. The molecule has 0 bridgehead atoms. The van der Waals surface area contributed by atoms with E-state index in [1.54, 1.807) is 6.20 Å². The van der Waals surface area contributed by atoms with Crippen LogP contribution in [0, 0.1) is 13.8 Å². The van der Waals surface area contributed by atoms with Gasteiger partial charge in [0.1, 0.15) is 0 Å². The van der Waals surface area contributed by atoms with E-state index in [-0.39, 0.29) is 0 Å². The van der Waals surface area contributed by atoms with Gasteiger partial charge in [-0.1, -0.05) is 23.8 Å². The molecular weight excluding hydrogens is 210 g/mol. The third kappa shape index (κ3) is 2.05. The second-order valence-electron chi connectivity index (χ2n) is 3.57. The fraction of sp³-hybridized carbons (Fsp3) is 0.250. The van der Waals surface area contributed by atoms with Gasteiger partial charge in [-0.15, -0.1) is 11.6 Å². The highest BCUT2D eigenvalue weighted by Crippen LogP contribution is 2.25. The Morgan fingerprint density at radius 2 is 2.13 bits per heavy atom. The first-order chi connectivity index (χ1) is 7.20. The Morgan fingerprint density at radius 1 is 1.33 bits per heavy atom. The fourth-order valence-corrected chi connectivity index (χ4v) is 1.71. The van der Waals surface area contributed by atoms with Gasteiger partial charge in [0.05, 0.1) is 12.1 Å². The van der Waals surface area contributed by atoms with E-state index in [9.17, 15) is 0 Å². The molecule has 0 fully saturated rings. The highest BCUT2D eigenvalue weighted by molar-refractivity contribution is 6.16. The maximum atomic E-state index is 5.64. The highest BCUT2D eigenvalue weighted by atomic mass is 35.5. The first kappa shape index (κ1) is 10.2. The van der Waals surface area contributed by atoms with Crippen LogP contribution in [0.5, 0.6) is 0 Å². The molecule has 0 saturated carbocycles. The van der Waals surface area contributed by atoms with Crippen LogP contribution in [0.15, 0.2) is 28.8 Å². The summed E-state index contributed by atoms with van der Waals surface area (Å²) >= 11 is 5.64. The number of aryl methyl sites for hydroxylation is 2. The van der Waals surface area contributed by atoms with Crippen LogP contribution in [-0.4, -0.2) is 4.98 Å². The van der Waals surface area contributed by atoms with Crippen LogP contribution in [0.3, 0.4) is 0 Å². The zero-order valence-electron chi connectivity index (χ0n) is 8.75. The van der Waals surface area contributed by atoms with Crippen LogP contribution in [0.1, 0.15) is 17.0 Å². The van der Waals surface area contributed by atoms with Gasteiger partial charge >= 0.3 is 0 Å². The van der Waals surface area contributed by atoms with E-state index in [2.05, 4.69) is 31.0 Å². The molecule has 0 unspecified atom stereocenters. The van der Waals surface area contributed by atoms with Gasteiger partial charge in [0.15, 0.2) is 5.76 Å². The fourth-order valence-electron chi connectivity index (χ4n) is 1.59. The van der Waals surface area contributed by atoms with Crippen molar-refractivity contribution >= 4 is 11.6 Å². The van der Waals surface area contributed by atoms with Gasteiger partial charge in [-0.25, -0.2) is 4.98 Å². The third-order valence-electron chi connectivity index (χ3n) is 2.32. The molecule has 2 aromatic rings. The molecule has 0 amide bonds. The molecule has 0 N–H and O–H groups in total. The molecule has 2 rings (SSSR count). The van der Waals surface area contributed by atoms with Crippen LogP contribution in [0.2, 0.25) is 0 Å². The van der Waals surface area contributed by atoms with Crippen LogP contribution in [0.25, 0.3) is 11.3 Å². The van der Waals surface area contributed by atoms with Crippen molar-refractivity contribution in [2.24, 2.45) is 0 Å². The topological polar surface area (TPSA) is 26.0 Å². The van der Waals surface area contributed by atoms with Gasteiger partial charge < -0.3 is 4.42 Å². The molecule has 0 radical (unpaired) electrons. The molecule has 0 aliphatic carbocycles. The lowest BCUT2D eigenvalue weighted by Crippen LogP contribution is -1.82. The monoisotopic (exact) mass is 221 g/mol. The maximum absolute atomic E-state index is 5.64. The number of hydrogen-bond donors (Lipinski definition) is 0. The van der Waals surface area contributed by atoms with Gasteiger partial charge in [-0.3, -0.25) is 0 Å². The average molecular weight is 222 g/mol. The zero-order valence-corrected chi connectivity index (χ0v) is 9.51. The largest absolute Gasteiger partial charge is 0.439 e. The maximum Gasteiger partial charge on any atom is 0.209 e. The average Bonchev–Trinajstić information content (AvgIpc) is 2.66. The Labute approximate surface area is 93.9 Å². The lowest BCUT2D eigenvalue weighted by molar-refractivity contribution is 0.528. The molecule has 0 spiro atoms. The molecule has 2 nitrogen and oxygen atoms in total. The minimum Gasteiger partial charge on any atom is -0.439 e. The van der Waals surface area contributed by atoms with Crippen molar-refractivity contribution < 1.29 is 4.42 Å². The molecular formula is C12H12ClNO. The summed E-state index contributed by atoms with van der Waals surface area (Å²) in [4.78, 5) is 4.08. The van der Waals surface area contributed by atoms with E-state index >= 15 is 0 Å². The molecule has 3 heteroatoms. The quantitative estimate of drug-likeness (QED) is 0.723. The molecule has 0 saturated heterocycles. The Morgan fingerprint density at radius 3 is 2.73 bits per heavy atom. The number of nitrogens with zero attached hydrogens (tertiary/aromatic N) is 1. The third-order valence-corrected chi connectivity index (χ3v) is 2.54. The van der Waals surface area contributed by atoms with Crippen molar-refractivity contribution in [1.29, 1.82) is 0 Å². The van der Waals surface area contributed by atoms with E-state index in [0.717, 1.165) is 11.3 Å². The Bertz CT molecular complexity index is 476. The summed E-state index contributed by atoms with van der Waals surface area (Å²) in [6, 6.07) is 6.23. The number of oxazole rings is 1. The Kier molecular flexibility index (Phi) is 2.78. The van der Waals surface area contributed by atoms with Crippen LogP contribution < -0.4 is 0 Å². The van der Waals surface area contributed by atoms with E-state index in [1.807, 2.05) is 6.07 Å². The minimum atomic E-state index is 0.310. The summed E-state index contributed by atoms with van der Waals surface area (Å²) < 4.78 is 5.50. The number of aromatic nitrogens is 1. The van der Waals surface area contributed by atoms with Crippen LogP contribution in [0.4, 0.5) is 0 Å². The van der Waals surface area contributed by atoms with E-state index in [4.69, 9.17) is 16.0 Å². The predicted molar refractivity (Wildman–Crippen MR) is 61.0 cm³/mol. The lowest BCUT2D eigenvalue weighted by Gasteiger charge is -2.02. The van der Waals surface area contributed by atoms with Crippen molar-refractivity contribution in [2.75, 3.05) is 0 Å². The van der Waals surface area contributed by atoms with E-state index in [0.29, 0.717) is 11.8 Å². The first-order valence-corrected chi connectivity index (χ1v) is 5.32. The normalized spacial score (nSPS) is 10.6. The van der Waals surface area contributed by atoms with E-state index in [1.165, 1.54) is 11.1 Å². The van der Waals surface area contributed by atoms with Crippen LogP contribution >= 0.6 is 11.6 Å². The first-order valence-electron chi connectivity index (χ1n) is 4.79. The number of benzene rings is 1. The number of rotatable bonds is 2. The SMILES string of the molecule is Cc1ccc(-c2cnc(CCl)o2)c(C)c1. The number of halogens is 1. The summed E-state index contributed by atoms with van der Waals surface area (Å²) in [5.74, 6) is 1.65. The molecule has 0 aliphatic heterocycles. The second kappa shape index (κ2) is 4.07. The lowest BCUT2D eigenvalue weighted by atomic mass is 10.0. The second-order valence-corrected chi connectivity index (χ2v) is 3.84. The molecule has 15 heavy (non-hydrogen) atoms. The zero-order chi connectivity index (χ0) is 10.8. The van der Waals surface area contributed by atoms with Crippen molar-refractivity contribution in [2.45, 2.75) is 19.7 Å². The van der Waals surface area contributed by atoms with Gasteiger partial charge in [0, 0.05) is 5.56 Å². The van der Waals surface area contributed by atoms with Crippen molar-refractivity contribution in [1.82, 2.24) is 4.98 Å². The van der Waals surface area contributed by atoms with Crippen molar-refractivity contribution in [3.63, 3.8) is 0 Å². The molecule has 78 valence electrons. The van der Waals surface area contributed by atoms with Gasteiger partial charge in [-0.2, -0.15) is 0 Å². The Hall–Kier alpha value is -1.28. The number of hydrogen-bond acceptors (Lipinski definition) is 2. The summed E-state index contributed by atoms with van der Waals surface area (Å²) in [5.41, 5.74) is 3.50. The molecule has 1 aromatic carbocycles. The van der Waals surface area contributed by atoms with Gasteiger partial charge in [-0.05, 0) is 19.4 Å². The van der Waals surface area contributed by atoms with Crippen molar-refractivity contribution in [3.05, 3.63) is 41.4 Å². The highest BCUT2D eigenvalue weighted by Gasteiger charge is 2.07. The van der Waals surface area contributed by atoms with Crippen LogP contribution in [-0.2, 0) is 5.88 Å². The summed E-state index contributed by atoms with van der Waals surface area (Å²) in [5, 5.41) is 0. The molecule has 0 atom stereocenters. The summed E-state index contributed by atoms with van der Waals surface area (Å²) in [6.45, 7) is 4.13. The smallest absolute Gasteiger partial charge is 0.209 e.